The maximum atomic E-state index is 12.2. The molecule has 1 N–H and O–H groups in total. The zero-order chi connectivity index (χ0) is 15.0. The number of carbonyl (C=O) groups is 2. The lowest BCUT2D eigenvalue weighted by Gasteiger charge is -2.43. The highest BCUT2D eigenvalue weighted by Gasteiger charge is 2.40. The molecule has 1 atom stereocenters. The number of nitrogens with zero attached hydrogens (tertiary/aromatic N) is 4. The largest absolute Gasteiger partial charge is 0.327 e. The van der Waals surface area contributed by atoms with Crippen molar-refractivity contribution < 1.29 is 9.59 Å². The number of amides is 2. The Kier molecular flexibility index (Phi) is 3.67. The SMILES string of the molecule is CC(C)n1ccc(CN2CC3CNCCN3C(=O)C2=O)n1. The van der Waals surface area contributed by atoms with E-state index in [1.165, 1.54) is 0 Å². The highest BCUT2D eigenvalue weighted by atomic mass is 16.2. The molecule has 2 saturated heterocycles. The molecule has 3 heterocycles. The van der Waals surface area contributed by atoms with Crippen molar-refractivity contribution in [3.8, 4) is 0 Å². The van der Waals surface area contributed by atoms with Gasteiger partial charge in [0.25, 0.3) is 0 Å². The fraction of sp³-hybridized carbons (Fsp3) is 0.643. The summed E-state index contributed by atoms with van der Waals surface area (Å²) in [5.74, 6) is -0.789. The Morgan fingerprint density at radius 2 is 2.19 bits per heavy atom. The highest BCUT2D eigenvalue weighted by molar-refractivity contribution is 6.35. The molecular formula is C14H21N5O2. The minimum atomic E-state index is -0.410. The first-order chi connectivity index (χ1) is 10.1. The van der Waals surface area contributed by atoms with E-state index in [9.17, 15) is 9.59 Å². The van der Waals surface area contributed by atoms with Gasteiger partial charge in [-0.3, -0.25) is 14.3 Å². The molecule has 0 radical (unpaired) electrons. The average Bonchev–Trinajstić information content (AvgIpc) is 2.93. The monoisotopic (exact) mass is 291 g/mol. The van der Waals surface area contributed by atoms with Gasteiger partial charge in [-0.05, 0) is 19.9 Å². The minimum absolute atomic E-state index is 0.0798. The van der Waals surface area contributed by atoms with Crippen LogP contribution in [0.3, 0.4) is 0 Å². The van der Waals surface area contributed by atoms with Crippen molar-refractivity contribution in [2.45, 2.75) is 32.5 Å². The van der Waals surface area contributed by atoms with Crippen LogP contribution in [-0.2, 0) is 16.1 Å². The van der Waals surface area contributed by atoms with Crippen LogP contribution >= 0.6 is 0 Å². The zero-order valence-electron chi connectivity index (χ0n) is 12.5. The van der Waals surface area contributed by atoms with Gasteiger partial charge < -0.3 is 15.1 Å². The Labute approximate surface area is 123 Å². The van der Waals surface area contributed by atoms with Crippen LogP contribution in [0.25, 0.3) is 0 Å². The number of carbonyl (C=O) groups excluding carboxylic acids is 2. The Hall–Kier alpha value is -1.89. The van der Waals surface area contributed by atoms with Gasteiger partial charge in [0.1, 0.15) is 0 Å². The lowest BCUT2D eigenvalue weighted by molar-refractivity contribution is -0.160. The van der Waals surface area contributed by atoms with E-state index in [-0.39, 0.29) is 18.0 Å². The summed E-state index contributed by atoms with van der Waals surface area (Å²) in [6, 6.07) is 2.27. The molecule has 3 rings (SSSR count). The van der Waals surface area contributed by atoms with E-state index in [2.05, 4.69) is 24.3 Å². The predicted molar refractivity (Wildman–Crippen MR) is 76.4 cm³/mol. The van der Waals surface area contributed by atoms with Crippen LogP contribution in [0.1, 0.15) is 25.6 Å². The molecule has 7 nitrogen and oxygen atoms in total. The first-order valence-electron chi connectivity index (χ1n) is 7.41. The summed E-state index contributed by atoms with van der Waals surface area (Å²) in [5.41, 5.74) is 0.821. The molecule has 21 heavy (non-hydrogen) atoms. The lowest BCUT2D eigenvalue weighted by Crippen LogP contribution is -2.65. The molecule has 2 aliphatic rings. The fourth-order valence-corrected chi connectivity index (χ4v) is 2.87. The van der Waals surface area contributed by atoms with Crippen molar-refractivity contribution in [1.29, 1.82) is 0 Å². The number of hydrogen-bond acceptors (Lipinski definition) is 4. The zero-order valence-corrected chi connectivity index (χ0v) is 12.5. The summed E-state index contributed by atoms with van der Waals surface area (Å²) < 4.78 is 1.86. The fourth-order valence-electron chi connectivity index (χ4n) is 2.87. The number of fused-ring (bicyclic) bond motifs is 1. The molecule has 1 aromatic heterocycles. The van der Waals surface area contributed by atoms with Gasteiger partial charge in [-0.25, -0.2) is 0 Å². The van der Waals surface area contributed by atoms with E-state index < -0.39 is 5.91 Å². The van der Waals surface area contributed by atoms with Crippen LogP contribution in [-0.4, -0.2) is 63.6 Å². The Balaban J connectivity index is 1.72. The maximum Gasteiger partial charge on any atom is 0.312 e. The molecule has 1 unspecified atom stereocenters. The van der Waals surface area contributed by atoms with Crippen molar-refractivity contribution in [1.82, 2.24) is 24.9 Å². The van der Waals surface area contributed by atoms with Crippen LogP contribution < -0.4 is 5.32 Å². The average molecular weight is 291 g/mol. The molecule has 0 saturated carbocycles. The number of hydrogen-bond donors (Lipinski definition) is 1. The molecular weight excluding hydrogens is 270 g/mol. The summed E-state index contributed by atoms with van der Waals surface area (Å²) in [7, 11) is 0. The second-order valence-corrected chi connectivity index (χ2v) is 5.92. The van der Waals surface area contributed by atoms with Gasteiger partial charge in [0.05, 0.1) is 18.3 Å². The quantitative estimate of drug-likeness (QED) is 0.770. The third-order valence-corrected chi connectivity index (χ3v) is 4.06. The van der Waals surface area contributed by atoms with Crippen molar-refractivity contribution in [2.75, 3.05) is 26.2 Å². The van der Waals surface area contributed by atoms with Crippen molar-refractivity contribution in [3.63, 3.8) is 0 Å². The summed E-state index contributed by atoms with van der Waals surface area (Å²) in [5, 5.41) is 7.72. The van der Waals surface area contributed by atoms with Gasteiger partial charge in [-0.15, -0.1) is 0 Å². The van der Waals surface area contributed by atoms with Gasteiger partial charge in [0.15, 0.2) is 0 Å². The second-order valence-electron chi connectivity index (χ2n) is 5.92. The molecule has 114 valence electrons. The van der Waals surface area contributed by atoms with Gasteiger partial charge >= 0.3 is 11.8 Å². The van der Waals surface area contributed by atoms with Crippen LogP contribution in [0, 0.1) is 0 Å². The molecule has 2 amide bonds. The van der Waals surface area contributed by atoms with E-state index in [4.69, 9.17) is 0 Å². The van der Waals surface area contributed by atoms with Gasteiger partial charge in [0, 0.05) is 38.4 Å². The summed E-state index contributed by atoms with van der Waals surface area (Å²) in [4.78, 5) is 27.7. The van der Waals surface area contributed by atoms with Gasteiger partial charge in [0.2, 0.25) is 0 Å². The van der Waals surface area contributed by atoms with Gasteiger partial charge in [-0.1, -0.05) is 0 Å². The molecule has 1 aromatic rings. The van der Waals surface area contributed by atoms with Crippen molar-refractivity contribution in [3.05, 3.63) is 18.0 Å². The standard InChI is InChI=1S/C14H21N5O2/c1-10(2)19-5-3-11(16-19)8-17-9-12-7-15-4-6-18(12)14(21)13(17)20/h3,5,10,12,15H,4,6-9H2,1-2H3. The molecule has 7 heteroatoms. The molecule has 2 fully saturated rings. The first-order valence-corrected chi connectivity index (χ1v) is 7.41. The first kappa shape index (κ1) is 14.1. The van der Waals surface area contributed by atoms with Gasteiger partial charge in [-0.2, -0.15) is 5.10 Å². The van der Waals surface area contributed by atoms with E-state index in [1.54, 1.807) is 9.80 Å². The van der Waals surface area contributed by atoms with Crippen LogP contribution in [0.15, 0.2) is 12.3 Å². The summed E-state index contributed by atoms with van der Waals surface area (Å²) in [6.07, 6.45) is 1.91. The lowest BCUT2D eigenvalue weighted by atomic mass is 10.1. The Bertz CT molecular complexity index is 553. The molecule has 0 aromatic carbocycles. The van der Waals surface area contributed by atoms with Crippen LogP contribution in [0.2, 0.25) is 0 Å². The number of piperazine rings is 2. The molecule has 2 aliphatic heterocycles. The third kappa shape index (κ3) is 2.65. The second kappa shape index (κ2) is 5.48. The minimum Gasteiger partial charge on any atom is -0.327 e. The molecule has 0 spiro atoms. The Morgan fingerprint density at radius 3 is 2.90 bits per heavy atom. The maximum absolute atomic E-state index is 12.2. The van der Waals surface area contributed by atoms with Crippen LogP contribution in [0.5, 0.6) is 0 Å². The van der Waals surface area contributed by atoms with E-state index >= 15 is 0 Å². The molecule has 0 aliphatic carbocycles. The third-order valence-electron chi connectivity index (χ3n) is 4.06. The smallest absolute Gasteiger partial charge is 0.312 e. The predicted octanol–water partition coefficient (Wildman–Crippen LogP) is -0.393. The number of aromatic nitrogens is 2. The van der Waals surface area contributed by atoms with E-state index in [0.717, 1.165) is 18.8 Å². The van der Waals surface area contributed by atoms with E-state index in [1.807, 2.05) is 16.9 Å². The van der Waals surface area contributed by atoms with E-state index in [0.29, 0.717) is 19.6 Å². The summed E-state index contributed by atoms with van der Waals surface area (Å²) >= 11 is 0. The number of nitrogens with one attached hydrogen (secondary N) is 1. The van der Waals surface area contributed by atoms with Crippen molar-refractivity contribution in [2.24, 2.45) is 0 Å². The number of rotatable bonds is 3. The highest BCUT2D eigenvalue weighted by Crippen LogP contribution is 2.16. The molecule has 0 bridgehead atoms. The topological polar surface area (TPSA) is 70.5 Å². The Morgan fingerprint density at radius 1 is 1.38 bits per heavy atom. The van der Waals surface area contributed by atoms with Crippen LogP contribution in [0.4, 0.5) is 0 Å². The van der Waals surface area contributed by atoms with Crippen molar-refractivity contribution >= 4 is 11.8 Å². The normalized spacial score (nSPS) is 22.9. The summed E-state index contributed by atoms with van der Waals surface area (Å²) in [6.45, 7) is 7.20.